The number of rotatable bonds is 6. The number of nitrogens with one attached hydrogen (secondary N) is 1. The Labute approximate surface area is 149 Å². The number of amides is 1. The van der Waals surface area contributed by atoms with E-state index in [2.05, 4.69) is 33.7 Å². The Hall–Kier alpha value is -2.61. The molecule has 2 heterocycles. The molecule has 0 saturated carbocycles. The summed E-state index contributed by atoms with van der Waals surface area (Å²) < 4.78 is 5.58. The molecule has 5 heteroatoms. The summed E-state index contributed by atoms with van der Waals surface area (Å²) in [6.07, 6.45) is 2.42. The molecule has 0 aromatic carbocycles. The molecule has 1 aliphatic rings. The number of aromatic nitrogens is 1. The van der Waals surface area contributed by atoms with E-state index in [9.17, 15) is 4.79 Å². The van der Waals surface area contributed by atoms with E-state index < -0.39 is 0 Å². The van der Waals surface area contributed by atoms with Crippen LogP contribution < -0.4 is 5.32 Å². The molecule has 132 valence electrons. The molecule has 5 nitrogen and oxygen atoms in total. The maximum absolute atomic E-state index is 12.5. The van der Waals surface area contributed by atoms with Crippen molar-refractivity contribution in [1.82, 2.24) is 10.3 Å². The van der Waals surface area contributed by atoms with E-state index in [1.54, 1.807) is 18.2 Å². The van der Waals surface area contributed by atoms with Crippen LogP contribution in [0.1, 0.15) is 56.2 Å². The molecule has 0 aliphatic carbocycles. The van der Waals surface area contributed by atoms with E-state index in [4.69, 9.17) is 4.74 Å². The van der Waals surface area contributed by atoms with Crippen molar-refractivity contribution < 1.29 is 9.53 Å². The minimum absolute atomic E-state index is 0.0447. The normalized spacial score (nSPS) is 16.9. The van der Waals surface area contributed by atoms with Gasteiger partial charge in [0, 0.05) is 12.5 Å². The van der Waals surface area contributed by atoms with Gasteiger partial charge in [0.05, 0.1) is 0 Å². The Bertz CT molecular complexity index is 728. The average molecular weight is 339 g/mol. The van der Waals surface area contributed by atoms with Gasteiger partial charge in [0.15, 0.2) is 0 Å². The lowest BCUT2D eigenvalue weighted by Gasteiger charge is -2.18. The fourth-order valence-electron chi connectivity index (χ4n) is 2.46. The number of carbonyl (C=O) groups excluding carboxylic acids is 1. The lowest BCUT2D eigenvalue weighted by Crippen LogP contribution is -2.36. The molecule has 2 rings (SSSR count). The van der Waals surface area contributed by atoms with E-state index in [1.165, 1.54) is 0 Å². The van der Waals surface area contributed by atoms with Gasteiger partial charge in [-0.05, 0) is 25.0 Å². The fraction of sp³-hybridized carbons (Fsp3) is 0.450. The molecule has 1 unspecified atom stereocenters. The summed E-state index contributed by atoms with van der Waals surface area (Å²) in [4.78, 5) is 21.3. The van der Waals surface area contributed by atoms with Crippen molar-refractivity contribution in [3.63, 3.8) is 0 Å². The third-order valence-electron chi connectivity index (χ3n) is 3.96. The highest BCUT2D eigenvalue weighted by molar-refractivity contribution is 5.97. The predicted octanol–water partition coefficient (Wildman–Crippen LogP) is 3.12. The van der Waals surface area contributed by atoms with Gasteiger partial charge in [0.25, 0.3) is 5.91 Å². The van der Waals surface area contributed by atoms with Gasteiger partial charge < -0.3 is 10.1 Å². The molecule has 1 aromatic rings. The molecular weight excluding hydrogens is 314 g/mol. The Balaban J connectivity index is 2.13. The van der Waals surface area contributed by atoms with Crippen molar-refractivity contribution in [1.29, 1.82) is 0 Å². The summed E-state index contributed by atoms with van der Waals surface area (Å²) in [6, 6.07) is 5.05. The second-order valence-electron chi connectivity index (χ2n) is 5.79. The van der Waals surface area contributed by atoms with Crippen molar-refractivity contribution in [2.24, 2.45) is 4.99 Å². The summed E-state index contributed by atoms with van der Waals surface area (Å²) in [7, 11) is 0. The molecule has 2 atom stereocenters. The Morgan fingerprint density at radius 1 is 1.44 bits per heavy atom. The van der Waals surface area contributed by atoms with Gasteiger partial charge in [-0.2, -0.15) is 0 Å². The third kappa shape index (κ3) is 4.93. The second kappa shape index (κ2) is 9.03. The maximum Gasteiger partial charge on any atom is 0.270 e. The van der Waals surface area contributed by atoms with Crippen LogP contribution >= 0.6 is 0 Å². The maximum atomic E-state index is 12.5. The van der Waals surface area contributed by atoms with Crippen molar-refractivity contribution in [2.45, 2.75) is 52.1 Å². The average Bonchev–Trinajstić information content (AvgIpc) is 3.12. The van der Waals surface area contributed by atoms with Crippen LogP contribution in [0.15, 0.2) is 35.3 Å². The third-order valence-corrected chi connectivity index (χ3v) is 3.96. The SMILES string of the molecule is C=C(CC)C(CC)NC(=O)c1cccc(C2=N[C@H](C#CCC)CO2)n1. The van der Waals surface area contributed by atoms with Gasteiger partial charge in [-0.15, -0.1) is 5.92 Å². The lowest BCUT2D eigenvalue weighted by molar-refractivity contribution is 0.0936. The largest absolute Gasteiger partial charge is 0.473 e. The smallest absolute Gasteiger partial charge is 0.270 e. The van der Waals surface area contributed by atoms with Crippen molar-refractivity contribution in [3.05, 3.63) is 41.7 Å². The number of hydrogen-bond acceptors (Lipinski definition) is 4. The van der Waals surface area contributed by atoms with Gasteiger partial charge >= 0.3 is 0 Å². The number of aliphatic imine (C=N–C) groups is 1. The van der Waals surface area contributed by atoms with Gasteiger partial charge in [-0.3, -0.25) is 4.79 Å². The highest BCUT2D eigenvalue weighted by Gasteiger charge is 2.21. The molecule has 0 spiro atoms. The first-order valence-corrected chi connectivity index (χ1v) is 8.73. The molecule has 0 fully saturated rings. The van der Waals surface area contributed by atoms with E-state index in [0.717, 1.165) is 24.8 Å². The summed E-state index contributed by atoms with van der Waals surface area (Å²) >= 11 is 0. The van der Waals surface area contributed by atoms with E-state index in [-0.39, 0.29) is 18.0 Å². The molecular formula is C20H25N3O2. The quantitative estimate of drug-likeness (QED) is 0.640. The highest BCUT2D eigenvalue weighted by atomic mass is 16.5. The fourth-order valence-corrected chi connectivity index (χ4v) is 2.46. The van der Waals surface area contributed by atoms with Crippen molar-refractivity contribution >= 4 is 11.8 Å². The van der Waals surface area contributed by atoms with Crippen LogP contribution in [0.25, 0.3) is 0 Å². The minimum atomic E-state index is -0.218. The van der Waals surface area contributed by atoms with Gasteiger partial charge in [0.1, 0.15) is 24.0 Å². The molecule has 25 heavy (non-hydrogen) atoms. The summed E-state index contributed by atoms with van der Waals surface area (Å²) in [5.41, 5.74) is 1.90. The minimum Gasteiger partial charge on any atom is -0.473 e. The molecule has 1 aromatic heterocycles. The van der Waals surface area contributed by atoms with Crippen LogP contribution in [0.2, 0.25) is 0 Å². The summed E-state index contributed by atoms with van der Waals surface area (Å²) in [5.74, 6) is 6.27. The number of ether oxygens (including phenoxy) is 1. The van der Waals surface area contributed by atoms with Gasteiger partial charge in [-0.25, -0.2) is 9.98 Å². The van der Waals surface area contributed by atoms with Crippen LogP contribution in [-0.4, -0.2) is 35.5 Å². The zero-order chi connectivity index (χ0) is 18.2. The molecule has 1 aliphatic heterocycles. The standard InChI is InChI=1S/C20H25N3O2/c1-5-8-10-15-13-25-20(21-15)18-12-9-11-17(22-18)19(24)23-16(7-3)14(4)6-2/h9,11-12,15-16H,4-7,13H2,1-3H3,(H,23,24)/t15-,16?/m1/s1. The topological polar surface area (TPSA) is 63.6 Å². The summed E-state index contributed by atoms with van der Waals surface area (Å²) in [6.45, 7) is 10.5. The number of pyridine rings is 1. The van der Waals surface area contributed by atoms with Crippen LogP contribution in [0, 0.1) is 11.8 Å². The molecule has 0 saturated heterocycles. The first kappa shape index (κ1) is 18.7. The van der Waals surface area contributed by atoms with Gasteiger partial charge in [0.2, 0.25) is 5.90 Å². The molecule has 0 bridgehead atoms. The van der Waals surface area contributed by atoms with Gasteiger partial charge in [-0.1, -0.05) is 44.9 Å². The zero-order valence-electron chi connectivity index (χ0n) is 15.1. The van der Waals surface area contributed by atoms with Crippen LogP contribution in [0.5, 0.6) is 0 Å². The Morgan fingerprint density at radius 2 is 2.24 bits per heavy atom. The number of nitrogens with zero attached hydrogens (tertiary/aromatic N) is 2. The lowest BCUT2D eigenvalue weighted by atomic mass is 10.0. The van der Waals surface area contributed by atoms with Crippen LogP contribution in [-0.2, 0) is 4.74 Å². The van der Waals surface area contributed by atoms with E-state index in [1.807, 2.05) is 20.8 Å². The zero-order valence-corrected chi connectivity index (χ0v) is 15.1. The summed E-state index contributed by atoms with van der Waals surface area (Å²) in [5, 5.41) is 2.98. The van der Waals surface area contributed by atoms with E-state index in [0.29, 0.717) is 23.9 Å². The first-order valence-electron chi connectivity index (χ1n) is 8.73. The van der Waals surface area contributed by atoms with Crippen molar-refractivity contribution in [2.75, 3.05) is 6.61 Å². The first-order chi connectivity index (χ1) is 12.1. The predicted molar refractivity (Wildman–Crippen MR) is 99.6 cm³/mol. The number of hydrogen-bond donors (Lipinski definition) is 1. The highest BCUT2D eigenvalue weighted by Crippen LogP contribution is 2.12. The molecule has 0 radical (unpaired) electrons. The Kier molecular flexibility index (Phi) is 6.76. The van der Waals surface area contributed by atoms with Crippen LogP contribution in [0.4, 0.5) is 0 Å². The number of carbonyl (C=O) groups is 1. The van der Waals surface area contributed by atoms with E-state index >= 15 is 0 Å². The molecule has 1 N–H and O–H groups in total. The molecule has 1 amide bonds. The van der Waals surface area contributed by atoms with Crippen LogP contribution in [0.3, 0.4) is 0 Å². The second-order valence-corrected chi connectivity index (χ2v) is 5.79. The monoisotopic (exact) mass is 339 g/mol. The van der Waals surface area contributed by atoms with Crippen molar-refractivity contribution in [3.8, 4) is 11.8 Å². The Morgan fingerprint density at radius 3 is 2.92 bits per heavy atom.